The first-order valence-corrected chi connectivity index (χ1v) is 11.3. The Kier molecular flexibility index (Phi) is 7.02. The molecule has 3 aromatic rings. The number of morpholine rings is 1. The summed E-state index contributed by atoms with van der Waals surface area (Å²) in [6, 6.07) is 9.79. The maximum atomic E-state index is 13.9. The fourth-order valence-corrected chi connectivity index (χ4v) is 4.60. The zero-order valence-electron chi connectivity index (χ0n) is 17.1. The highest BCUT2D eigenvalue weighted by atomic mass is 35.5. The maximum Gasteiger partial charge on any atom is 0.266 e. The molecule has 0 saturated carbocycles. The lowest BCUT2D eigenvalue weighted by atomic mass is 10.2. The van der Waals surface area contributed by atoms with Crippen molar-refractivity contribution in [3.63, 3.8) is 0 Å². The van der Waals surface area contributed by atoms with Gasteiger partial charge in [-0.1, -0.05) is 35.1 Å². The number of carbonyl (C=O) groups excluding carboxylic acids is 1. The SMILES string of the molecule is Cc1c(Cl)ccc2sc(N(CCN3CCOCC3)C(=O)COc3ccccc3F)nc12. The standard InChI is InChI=1S/C22H23ClFN3O3S/c1-15-16(23)6-7-19-21(15)25-22(31-19)27(9-8-26-10-12-29-13-11-26)20(28)14-30-18-5-3-2-4-17(18)24/h2-7H,8-14H2,1H3. The number of benzene rings is 2. The Morgan fingerprint density at radius 3 is 2.84 bits per heavy atom. The van der Waals surface area contributed by atoms with Crippen LogP contribution in [0, 0.1) is 12.7 Å². The first kappa shape index (κ1) is 22.0. The third kappa shape index (κ3) is 5.15. The van der Waals surface area contributed by atoms with Gasteiger partial charge in [0.25, 0.3) is 5.91 Å². The third-order valence-electron chi connectivity index (χ3n) is 5.20. The van der Waals surface area contributed by atoms with E-state index < -0.39 is 5.82 Å². The number of rotatable bonds is 7. The molecule has 0 bridgehead atoms. The van der Waals surface area contributed by atoms with Crippen LogP contribution in [0.4, 0.5) is 9.52 Å². The molecule has 0 atom stereocenters. The van der Waals surface area contributed by atoms with Gasteiger partial charge in [0.2, 0.25) is 0 Å². The molecule has 1 fully saturated rings. The molecule has 1 amide bonds. The van der Waals surface area contributed by atoms with E-state index in [0.29, 0.717) is 36.5 Å². The minimum Gasteiger partial charge on any atom is -0.481 e. The number of carbonyl (C=O) groups is 1. The Hall–Kier alpha value is -2.26. The molecule has 0 unspecified atom stereocenters. The van der Waals surface area contributed by atoms with E-state index in [4.69, 9.17) is 26.1 Å². The third-order valence-corrected chi connectivity index (χ3v) is 6.65. The lowest BCUT2D eigenvalue weighted by Crippen LogP contribution is -2.44. The Morgan fingerprint density at radius 2 is 2.06 bits per heavy atom. The van der Waals surface area contributed by atoms with Crippen LogP contribution < -0.4 is 9.64 Å². The van der Waals surface area contributed by atoms with E-state index in [9.17, 15) is 9.18 Å². The first-order valence-electron chi connectivity index (χ1n) is 10.1. The molecular formula is C22H23ClFN3O3S. The molecule has 0 N–H and O–H groups in total. The van der Waals surface area contributed by atoms with Crippen molar-refractivity contribution in [2.75, 3.05) is 50.9 Å². The van der Waals surface area contributed by atoms with Crippen molar-refractivity contribution in [2.45, 2.75) is 6.92 Å². The Morgan fingerprint density at radius 1 is 1.29 bits per heavy atom. The van der Waals surface area contributed by atoms with Crippen molar-refractivity contribution in [2.24, 2.45) is 0 Å². The Labute approximate surface area is 189 Å². The Bertz CT molecular complexity index is 1070. The molecule has 9 heteroatoms. The number of nitrogens with zero attached hydrogens (tertiary/aromatic N) is 3. The van der Waals surface area contributed by atoms with Crippen LogP contribution in [0.2, 0.25) is 5.02 Å². The van der Waals surface area contributed by atoms with Gasteiger partial charge in [-0.25, -0.2) is 9.37 Å². The summed E-state index contributed by atoms with van der Waals surface area (Å²) in [7, 11) is 0. The smallest absolute Gasteiger partial charge is 0.266 e. The quantitative estimate of drug-likeness (QED) is 0.527. The van der Waals surface area contributed by atoms with Crippen molar-refractivity contribution >= 4 is 44.2 Å². The number of amides is 1. The van der Waals surface area contributed by atoms with Crippen molar-refractivity contribution in [3.05, 3.63) is 52.8 Å². The van der Waals surface area contributed by atoms with Gasteiger partial charge < -0.3 is 9.47 Å². The van der Waals surface area contributed by atoms with Gasteiger partial charge >= 0.3 is 0 Å². The second kappa shape index (κ2) is 9.91. The molecular weight excluding hydrogens is 441 g/mol. The fraction of sp³-hybridized carbons (Fsp3) is 0.364. The average Bonchev–Trinajstić information content (AvgIpc) is 3.21. The van der Waals surface area contributed by atoms with Crippen LogP contribution >= 0.6 is 22.9 Å². The molecule has 164 valence electrons. The van der Waals surface area contributed by atoms with Gasteiger partial charge in [0.05, 0.1) is 23.4 Å². The second-order valence-corrected chi connectivity index (χ2v) is 8.65. The molecule has 2 aromatic carbocycles. The van der Waals surface area contributed by atoms with Gasteiger partial charge in [0.15, 0.2) is 23.3 Å². The molecule has 1 aliphatic rings. The van der Waals surface area contributed by atoms with Crippen LogP contribution in [0.25, 0.3) is 10.2 Å². The molecule has 0 aliphatic carbocycles. The van der Waals surface area contributed by atoms with Gasteiger partial charge in [-0.3, -0.25) is 14.6 Å². The summed E-state index contributed by atoms with van der Waals surface area (Å²) < 4.78 is 25.7. The maximum absolute atomic E-state index is 13.9. The number of anilines is 1. The first-order chi connectivity index (χ1) is 15.0. The van der Waals surface area contributed by atoms with Gasteiger partial charge in [-0.2, -0.15) is 0 Å². The second-order valence-electron chi connectivity index (χ2n) is 7.23. The number of hydrogen-bond donors (Lipinski definition) is 0. The zero-order valence-corrected chi connectivity index (χ0v) is 18.7. The predicted molar refractivity (Wildman–Crippen MR) is 121 cm³/mol. The number of para-hydroxylation sites is 1. The van der Waals surface area contributed by atoms with Gasteiger partial charge in [-0.05, 0) is 36.8 Å². The summed E-state index contributed by atoms with van der Waals surface area (Å²) in [5.74, 6) is -0.726. The van der Waals surface area contributed by atoms with E-state index in [1.807, 2.05) is 19.1 Å². The number of halogens is 2. The largest absolute Gasteiger partial charge is 0.481 e. The van der Waals surface area contributed by atoms with Crippen LogP contribution in [0.5, 0.6) is 5.75 Å². The molecule has 1 aromatic heterocycles. The van der Waals surface area contributed by atoms with Gasteiger partial charge in [-0.15, -0.1) is 0 Å². The van der Waals surface area contributed by atoms with Crippen molar-refractivity contribution in [1.29, 1.82) is 0 Å². The summed E-state index contributed by atoms with van der Waals surface area (Å²) in [5, 5.41) is 1.22. The van der Waals surface area contributed by atoms with Crippen LogP contribution in [-0.4, -0.2) is 61.8 Å². The Balaban J connectivity index is 1.55. The van der Waals surface area contributed by atoms with E-state index in [2.05, 4.69) is 4.90 Å². The van der Waals surface area contributed by atoms with Crippen LogP contribution in [0.1, 0.15) is 5.56 Å². The number of ether oxygens (including phenoxy) is 2. The van der Waals surface area contributed by atoms with E-state index in [-0.39, 0.29) is 18.3 Å². The van der Waals surface area contributed by atoms with Gasteiger partial charge in [0.1, 0.15) is 0 Å². The highest BCUT2D eigenvalue weighted by Crippen LogP contribution is 2.33. The molecule has 0 spiro atoms. The molecule has 6 nitrogen and oxygen atoms in total. The molecule has 1 aliphatic heterocycles. The highest BCUT2D eigenvalue weighted by molar-refractivity contribution is 7.22. The summed E-state index contributed by atoms with van der Waals surface area (Å²) >= 11 is 7.67. The molecule has 0 radical (unpaired) electrons. The average molecular weight is 464 g/mol. The minimum atomic E-state index is -0.500. The summed E-state index contributed by atoms with van der Waals surface area (Å²) in [4.78, 5) is 21.7. The van der Waals surface area contributed by atoms with E-state index in [0.717, 1.165) is 28.9 Å². The lowest BCUT2D eigenvalue weighted by Gasteiger charge is -2.29. The summed E-state index contributed by atoms with van der Waals surface area (Å²) in [5.41, 5.74) is 1.66. The molecule has 2 heterocycles. The van der Waals surface area contributed by atoms with Crippen molar-refractivity contribution in [3.8, 4) is 5.75 Å². The van der Waals surface area contributed by atoms with E-state index in [1.54, 1.807) is 17.0 Å². The monoisotopic (exact) mass is 463 g/mol. The van der Waals surface area contributed by atoms with Crippen LogP contribution in [-0.2, 0) is 9.53 Å². The lowest BCUT2D eigenvalue weighted by molar-refractivity contribution is -0.120. The van der Waals surface area contributed by atoms with Crippen molar-refractivity contribution in [1.82, 2.24) is 9.88 Å². The molecule has 1 saturated heterocycles. The number of thiazole rings is 1. The van der Waals surface area contributed by atoms with Crippen LogP contribution in [0.3, 0.4) is 0 Å². The number of fused-ring (bicyclic) bond motifs is 1. The fourth-order valence-electron chi connectivity index (χ4n) is 3.38. The van der Waals surface area contributed by atoms with Crippen LogP contribution in [0.15, 0.2) is 36.4 Å². The predicted octanol–water partition coefficient (Wildman–Crippen LogP) is 4.14. The van der Waals surface area contributed by atoms with Gasteiger partial charge in [0, 0.05) is 31.2 Å². The highest BCUT2D eigenvalue weighted by Gasteiger charge is 2.23. The summed E-state index contributed by atoms with van der Waals surface area (Å²) in [6.45, 7) is 5.78. The number of aryl methyl sites for hydroxylation is 1. The zero-order chi connectivity index (χ0) is 21.8. The topological polar surface area (TPSA) is 54.9 Å². The van der Waals surface area contributed by atoms with E-state index in [1.165, 1.54) is 23.5 Å². The van der Waals surface area contributed by atoms with E-state index >= 15 is 0 Å². The minimum absolute atomic E-state index is 0.0518. The number of aromatic nitrogens is 1. The van der Waals surface area contributed by atoms with Crippen molar-refractivity contribution < 1.29 is 18.7 Å². The summed E-state index contributed by atoms with van der Waals surface area (Å²) in [6.07, 6.45) is 0. The normalized spacial score (nSPS) is 14.7. The molecule has 31 heavy (non-hydrogen) atoms. The number of hydrogen-bond acceptors (Lipinski definition) is 6. The molecule has 4 rings (SSSR count).